The monoisotopic (exact) mass is 329 g/mol. The van der Waals surface area contributed by atoms with Crippen LogP contribution in [0.2, 0.25) is 0 Å². The average molecular weight is 329 g/mol. The summed E-state index contributed by atoms with van der Waals surface area (Å²) in [6, 6.07) is 7.21. The van der Waals surface area contributed by atoms with Crippen molar-refractivity contribution in [1.29, 1.82) is 0 Å². The summed E-state index contributed by atoms with van der Waals surface area (Å²) in [7, 11) is 0. The zero-order valence-corrected chi connectivity index (χ0v) is 12.3. The quantitative estimate of drug-likeness (QED) is 0.797. The summed E-state index contributed by atoms with van der Waals surface area (Å²) >= 11 is 2.36. The number of nitrogens with one attached hydrogen (secondary N) is 1. The van der Waals surface area contributed by atoms with Gasteiger partial charge in [0.25, 0.3) is 0 Å². The molecule has 1 atom stereocenters. The van der Waals surface area contributed by atoms with Crippen molar-refractivity contribution in [2.45, 2.75) is 45.6 Å². The minimum atomic E-state index is 0.601. The molecule has 88 valence electrons. The molecule has 0 heterocycles. The first-order valence-electron chi connectivity index (χ1n) is 6.18. The van der Waals surface area contributed by atoms with E-state index in [-0.39, 0.29) is 0 Å². The summed E-state index contributed by atoms with van der Waals surface area (Å²) in [6.45, 7) is 4.48. The number of hydrogen-bond donors (Lipinski definition) is 1. The predicted octanol–water partition coefficient (Wildman–Crippen LogP) is 4.59. The van der Waals surface area contributed by atoms with E-state index in [0.29, 0.717) is 6.04 Å². The van der Waals surface area contributed by atoms with Gasteiger partial charge in [-0.15, -0.1) is 0 Å². The van der Waals surface area contributed by atoms with Gasteiger partial charge in [0.1, 0.15) is 0 Å². The summed E-state index contributed by atoms with van der Waals surface area (Å²) in [5, 5.41) is 3.63. The predicted molar refractivity (Wildman–Crippen MR) is 78.9 cm³/mol. The average Bonchev–Trinajstić information content (AvgIpc) is 2.16. The highest BCUT2D eigenvalue weighted by Gasteiger charge is 2.19. The fourth-order valence-electron chi connectivity index (χ4n) is 2.34. The third-order valence-electron chi connectivity index (χ3n) is 3.50. The van der Waals surface area contributed by atoms with Gasteiger partial charge in [-0.05, 0) is 72.5 Å². The van der Waals surface area contributed by atoms with Crippen LogP contribution in [0.25, 0.3) is 0 Å². The fraction of sp³-hybridized carbons (Fsp3) is 0.571. The van der Waals surface area contributed by atoms with Crippen LogP contribution >= 0.6 is 22.6 Å². The van der Waals surface area contributed by atoms with E-state index in [1.54, 1.807) is 0 Å². The van der Waals surface area contributed by atoms with Crippen LogP contribution in [0.5, 0.6) is 0 Å². The normalized spacial score (nSPS) is 17.9. The van der Waals surface area contributed by atoms with Crippen LogP contribution in [0.1, 0.15) is 38.2 Å². The van der Waals surface area contributed by atoms with Gasteiger partial charge in [-0.25, -0.2) is 0 Å². The molecule has 1 aliphatic rings. The standard InChI is InChI=1S/C14H20IN/c1-10-8-13(15)6-7-14(10)16-11(2)9-12-4-3-5-12/h6-8,11-12,16H,3-5,9H2,1-2H3. The van der Waals surface area contributed by atoms with E-state index in [0.717, 1.165) is 5.92 Å². The Balaban J connectivity index is 1.91. The van der Waals surface area contributed by atoms with E-state index in [1.165, 1.54) is 40.5 Å². The van der Waals surface area contributed by atoms with Crippen LogP contribution in [0.3, 0.4) is 0 Å². The molecule has 0 aromatic heterocycles. The Kier molecular flexibility index (Phi) is 4.11. The molecule has 1 unspecified atom stereocenters. The second-order valence-electron chi connectivity index (χ2n) is 5.04. The van der Waals surface area contributed by atoms with Crippen LogP contribution in [-0.4, -0.2) is 6.04 Å². The Morgan fingerprint density at radius 1 is 1.44 bits per heavy atom. The van der Waals surface area contributed by atoms with E-state index in [1.807, 2.05) is 0 Å². The van der Waals surface area contributed by atoms with Gasteiger partial charge in [-0.3, -0.25) is 0 Å². The van der Waals surface area contributed by atoms with Crippen LogP contribution in [0.15, 0.2) is 18.2 Å². The maximum atomic E-state index is 3.63. The third-order valence-corrected chi connectivity index (χ3v) is 4.17. The van der Waals surface area contributed by atoms with Crippen molar-refractivity contribution in [2.75, 3.05) is 5.32 Å². The summed E-state index contributed by atoms with van der Waals surface area (Å²) in [4.78, 5) is 0. The number of rotatable bonds is 4. The van der Waals surface area contributed by atoms with Gasteiger partial charge in [0, 0.05) is 15.3 Å². The maximum Gasteiger partial charge on any atom is 0.0372 e. The van der Waals surface area contributed by atoms with E-state index >= 15 is 0 Å². The minimum absolute atomic E-state index is 0.601. The third kappa shape index (κ3) is 3.12. The van der Waals surface area contributed by atoms with Gasteiger partial charge >= 0.3 is 0 Å². The zero-order chi connectivity index (χ0) is 11.5. The van der Waals surface area contributed by atoms with Crippen molar-refractivity contribution in [1.82, 2.24) is 0 Å². The molecule has 1 saturated carbocycles. The highest BCUT2D eigenvalue weighted by Crippen LogP contribution is 2.31. The second kappa shape index (κ2) is 5.39. The fourth-order valence-corrected chi connectivity index (χ4v) is 2.99. The molecule has 0 spiro atoms. The number of benzene rings is 1. The van der Waals surface area contributed by atoms with Crippen LogP contribution in [-0.2, 0) is 0 Å². The van der Waals surface area contributed by atoms with Gasteiger partial charge in [0.2, 0.25) is 0 Å². The lowest BCUT2D eigenvalue weighted by Crippen LogP contribution is -2.23. The molecule has 1 N–H and O–H groups in total. The molecule has 1 fully saturated rings. The van der Waals surface area contributed by atoms with Crippen molar-refractivity contribution < 1.29 is 0 Å². The number of aryl methyl sites for hydroxylation is 1. The summed E-state index contributed by atoms with van der Waals surface area (Å²) in [5.41, 5.74) is 2.65. The lowest BCUT2D eigenvalue weighted by molar-refractivity contribution is 0.286. The van der Waals surface area contributed by atoms with Crippen LogP contribution in [0, 0.1) is 16.4 Å². The van der Waals surface area contributed by atoms with Crippen molar-refractivity contribution in [3.63, 3.8) is 0 Å². The topological polar surface area (TPSA) is 12.0 Å². The maximum absolute atomic E-state index is 3.63. The Morgan fingerprint density at radius 3 is 2.75 bits per heavy atom. The van der Waals surface area contributed by atoms with Gasteiger partial charge in [0.15, 0.2) is 0 Å². The summed E-state index contributed by atoms with van der Waals surface area (Å²) in [6.07, 6.45) is 5.65. The van der Waals surface area contributed by atoms with Crippen molar-refractivity contribution in [2.24, 2.45) is 5.92 Å². The molecule has 0 radical (unpaired) electrons. The van der Waals surface area contributed by atoms with E-state index in [9.17, 15) is 0 Å². The smallest absolute Gasteiger partial charge is 0.0372 e. The molecular formula is C14H20IN. The molecule has 2 heteroatoms. The first kappa shape index (κ1) is 12.2. The van der Waals surface area contributed by atoms with Gasteiger partial charge in [-0.1, -0.05) is 19.3 Å². The van der Waals surface area contributed by atoms with E-state index < -0.39 is 0 Å². The Bertz CT molecular complexity index is 358. The molecule has 1 aromatic rings. The highest BCUT2D eigenvalue weighted by atomic mass is 127. The zero-order valence-electron chi connectivity index (χ0n) is 10.1. The Hall–Kier alpha value is -0.250. The van der Waals surface area contributed by atoms with Crippen molar-refractivity contribution >= 4 is 28.3 Å². The van der Waals surface area contributed by atoms with Gasteiger partial charge < -0.3 is 5.32 Å². The Morgan fingerprint density at radius 2 is 2.19 bits per heavy atom. The minimum Gasteiger partial charge on any atom is -0.382 e. The first-order valence-corrected chi connectivity index (χ1v) is 7.25. The molecule has 16 heavy (non-hydrogen) atoms. The molecule has 1 aromatic carbocycles. The molecule has 1 aliphatic carbocycles. The number of hydrogen-bond acceptors (Lipinski definition) is 1. The lowest BCUT2D eigenvalue weighted by Gasteiger charge is -2.29. The van der Waals surface area contributed by atoms with Crippen molar-refractivity contribution in [3.05, 3.63) is 27.3 Å². The van der Waals surface area contributed by atoms with Gasteiger partial charge in [-0.2, -0.15) is 0 Å². The molecule has 1 nitrogen and oxygen atoms in total. The SMILES string of the molecule is Cc1cc(I)ccc1NC(C)CC1CCC1. The van der Waals surface area contributed by atoms with E-state index in [2.05, 4.69) is 60.0 Å². The summed E-state index contributed by atoms with van der Waals surface area (Å²) < 4.78 is 1.31. The number of halogens is 1. The molecule has 0 amide bonds. The highest BCUT2D eigenvalue weighted by molar-refractivity contribution is 14.1. The second-order valence-corrected chi connectivity index (χ2v) is 6.28. The largest absolute Gasteiger partial charge is 0.382 e. The molecule has 0 bridgehead atoms. The molecule has 0 saturated heterocycles. The van der Waals surface area contributed by atoms with Crippen LogP contribution < -0.4 is 5.32 Å². The van der Waals surface area contributed by atoms with E-state index in [4.69, 9.17) is 0 Å². The number of anilines is 1. The Labute approximate surface area is 112 Å². The lowest BCUT2D eigenvalue weighted by atomic mass is 9.81. The van der Waals surface area contributed by atoms with Crippen molar-refractivity contribution in [3.8, 4) is 0 Å². The van der Waals surface area contributed by atoms with Gasteiger partial charge in [0.05, 0.1) is 0 Å². The first-order chi connectivity index (χ1) is 7.65. The molecule has 2 rings (SSSR count). The molecule has 0 aliphatic heterocycles. The van der Waals surface area contributed by atoms with Crippen LogP contribution in [0.4, 0.5) is 5.69 Å². The summed E-state index contributed by atoms with van der Waals surface area (Å²) in [5.74, 6) is 0.978. The molecular weight excluding hydrogens is 309 g/mol.